The molecule has 0 aliphatic carbocycles. The Morgan fingerprint density at radius 1 is 1.31 bits per heavy atom. The van der Waals surface area contributed by atoms with E-state index >= 15 is 0 Å². The van der Waals surface area contributed by atoms with Crippen molar-refractivity contribution in [2.24, 2.45) is 5.16 Å². The molecule has 8 nitrogen and oxygen atoms in total. The van der Waals surface area contributed by atoms with Crippen molar-refractivity contribution in [1.29, 1.82) is 0 Å². The van der Waals surface area contributed by atoms with E-state index in [9.17, 15) is 27.6 Å². The summed E-state index contributed by atoms with van der Waals surface area (Å²) in [7, 11) is 0. The first kappa shape index (κ1) is 20.9. The third-order valence-electron chi connectivity index (χ3n) is 2.79. The molecule has 0 aliphatic heterocycles. The Bertz CT molecular complexity index is 692. The van der Waals surface area contributed by atoms with E-state index in [0.717, 1.165) is 18.2 Å². The van der Waals surface area contributed by atoms with E-state index in [4.69, 9.17) is 4.84 Å². The number of rotatable bonds is 6. The van der Waals surface area contributed by atoms with Crippen LogP contribution in [0, 0.1) is 0 Å². The lowest BCUT2D eigenvalue weighted by atomic mass is 10.2. The van der Waals surface area contributed by atoms with Gasteiger partial charge in [-0.25, -0.2) is 4.79 Å². The first-order chi connectivity index (χ1) is 12.1. The molecule has 0 heterocycles. The maximum atomic E-state index is 12.6. The Morgan fingerprint density at radius 2 is 2.00 bits per heavy atom. The van der Waals surface area contributed by atoms with Gasteiger partial charge in [-0.05, 0) is 32.0 Å². The molecule has 0 aromatic heterocycles. The molecule has 0 fully saturated rings. The van der Waals surface area contributed by atoms with Crippen molar-refractivity contribution in [1.82, 2.24) is 10.6 Å². The maximum absolute atomic E-state index is 12.6. The molecule has 0 spiro atoms. The van der Waals surface area contributed by atoms with Gasteiger partial charge in [-0.15, -0.1) is 0 Å². The van der Waals surface area contributed by atoms with Crippen molar-refractivity contribution in [2.75, 3.05) is 11.9 Å². The second-order valence-corrected chi connectivity index (χ2v) is 4.90. The third-order valence-corrected chi connectivity index (χ3v) is 2.79. The van der Waals surface area contributed by atoms with Crippen LogP contribution in [0.25, 0.3) is 0 Å². The number of alkyl halides is 3. The normalized spacial score (nSPS) is 12.3. The minimum Gasteiger partial charge on any atom is -0.383 e. The van der Waals surface area contributed by atoms with E-state index < -0.39 is 35.7 Å². The zero-order chi connectivity index (χ0) is 19.7. The summed E-state index contributed by atoms with van der Waals surface area (Å²) in [6.45, 7) is 3.27. The van der Waals surface area contributed by atoms with Gasteiger partial charge in [0.1, 0.15) is 6.21 Å². The van der Waals surface area contributed by atoms with Crippen LogP contribution in [0.2, 0.25) is 0 Å². The second-order valence-electron chi connectivity index (χ2n) is 4.90. The van der Waals surface area contributed by atoms with Gasteiger partial charge in [-0.1, -0.05) is 11.2 Å². The number of oxime groups is 1. The van der Waals surface area contributed by atoms with E-state index in [1.54, 1.807) is 6.92 Å². The summed E-state index contributed by atoms with van der Waals surface area (Å²) in [5.41, 5.74) is -1.00. The standard InChI is InChI=1S/C15H17F3N4O4/c1-3-19-14(25)22-13(24)9(2)26-20-8-12(23)21-11-6-4-5-10(7-11)15(16,17)18/h4-9H,3H2,1-2H3,(H,21,23)(H2,19,22,24,25)/b20-8+. The third kappa shape index (κ3) is 7.20. The van der Waals surface area contributed by atoms with Crippen molar-refractivity contribution in [3.63, 3.8) is 0 Å². The van der Waals surface area contributed by atoms with Gasteiger partial charge in [-0.3, -0.25) is 14.9 Å². The number of anilines is 1. The molecule has 3 N–H and O–H groups in total. The fourth-order valence-electron chi connectivity index (χ4n) is 1.58. The molecule has 11 heteroatoms. The number of benzene rings is 1. The van der Waals surface area contributed by atoms with Crippen LogP contribution in [0.3, 0.4) is 0 Å². The predicted molar refractivity (Wildman–Crippen MR) is 86.3 cm³/mol. The fourth-order valence-corrected chi connectivity index (χ4v) is 1.58. The van der Waals surface area contributed by atoms with Crippen LogP contribution in [0.4, 0.5) is 23.7 Å². The lowest BCUT2D eigenvalue weighted by molar-refractivity contribution is -0.137. The maximum Gasteiger partial charge on any atom is 0.416 e. The molecular formula is C15H17F3N4O4. The molecule has 26 heavy (non-hydrogen) atoms. The van der Waals surface area contributed by atoms with Crippen LogP contribution >= 0.6 is 0 Å². The molecule has 142 valence electrons. The number of carbonyl (C=O) groups excluding carboxylic acids is 3. The Hall–Kier alpha value is -3.11. The van der Waals surface area contributed by atoms with Gasteiger partial charge in [0.15, 0.2) is 0 Å². The zero-order valence-corrected chi connectivity index (χ0v) is 13.9. The van der Waals surface area contributed by atoms with Gasteiger partial charge >= 0.3 is 12.2 Å². The lowest BCUT2D eigenvalue weighted by Crippen LogP contribution is -2.43. The molecule has 0 saturated carbocycles. The van der Waals surface area contributed by atoms with E-state index in [2.05, 4.69) is 15.8 Å². The zero-order valence-electron chi connectivity index (χ0n) is 13.9. The quantitative estimate of drug-likeness (QED) is 0.522. The molecule has 1 unspecified atom stereocenters. The number of carbonyl (C=O) groups is 3. The largest absolute Gasteiger partial charge is 0.416 e. The first-order valence-corrected chi connectivity index (χ1v) is 7.39. The van der Waals surface area contributed by atoms with Gasteiger partial charge in [-0.2, -0.15) is 13.2 Å². The highest BCUT2D eigenvalue weighted by molar-refractivity contribution is 6.31. The van der Waals surface area contributed by atoms with E-state index in [-0.39, 0.29) is 5.69 Å². The highest BCUT2D eigenvalue weighted by Crippen LogP contribution is 2.30. The van der Waals surface area contributed by atoms with Crippen molar-refractivity contribution >= 4 is 29.7 Å². The molecular weight excluding hydrogens is 357 g/mol. The molecule has 0 saturated heterocycles. The van der Waals surface area contributed by atoms with E-state index in [1.165, 1.54) is 13.0 Å². The molecule has 1 atom stereocenters. The van der Waals surface area contributed by atoms with Gasteiger partial charge < -0.3 is 15.5 Å². The second kappa shape index (κ2) is 9.39. The Balaban J connectivity index is 2.53. The number of hydrogen-bond donors (Lipinski definition) is 3. The average Bonchev–Trinajstić information content (AvgIpc) is 2.54. The summed E-state index contributed by atoms with van der Waals surface area (Å²) in [6, 6.07) is 3.32. The molecule has 0 radical (unpaired) electrons. The molecule has 1 aromatic rings. The van der Waals surface area contributed by atoms with Crippen LogP contribution in [0.5, 0.6) is 0 Å². The number of halogens is 3. The molecule has 0 bridgehead atoms. The molecule has 0 aliphatic rings. The minimum atomic E-state index is -4.54. The van der Waals surface area contributed by atoms with Gasteiger partial charge in [0.2, 0.25) is 6.10 Å². The van der Waals surface area contributed by atoms with Crippen molar-refractivity contribution in [3.8, 4) is 0 Å². The summed E-state index contributed by atoms with van der Waals surface area (Å²) in [5.74, 6) is -1.65. The highest BCUT2D eigenvalue weighted by atomic mass is 19.4. The summed E-state index contributed by atoms with van der Waals surface area (Å²) in [4.78, 5) is 39.0. The molecule has 4 amide bonds. The smallest absolute Gasteiger partial charge is 0.383 e. The SMILES string of the molecule is CCNC(=O)NC(=O)C(C)O/N=C/C(=O)Nc1cccc(C(F)(F)F)c1. The first-order valence-electron chi connectivity index (χ1n) is 7.39. The van der Waals surface area contributed by atoms with Crippen molar-refractivity contribution in [3.05, 3.63) is 29.8 Å². The number of hydrogen-bond acceptors (Lipinski definition) is 5. The number of nitrogens with one attached hydrogen (secondary N) is 3. The molecule has 1 rings (SSSR count). The van der Waals surface area contributed by atoms with Crippen molar-refractivity contribution < 1.29 is 32.4 Å². The summed E-state index contributed by atoms with van der Waals surface area (Å²) >= 11 is 0. The number of nitrogens with zero attached hydrogens (tertiary/aromatic N) is 1. The van der Waals surface area contributed by atoms with Crippen LogP contribution in [0.15, 0.2) is 29.4 Å². The van der Waals surface area contributed by atoms with E-state index in [0.29, 0.717) is 12.8 Å². The predicted octanol–water partition coefficient (Wildman–Crippen LogP) is 1.88. The number of imide groups is 1. The minimum absolute atomic E-state index is 0.0849. The van der Waals surface area contributed by atoms with Crippen LogP contribution in [0.1, 0.15) is 19.4 Å². The summed E-state index contributed by atoms with van der Waals surface area (Å²) in [6.07, 6.45) is -5.06. The molecule has 1 aromatic carbocycles. The van der Waals surface area contributed by atoms with E-state index in [1.807, 2.05) is 5.32 Å². The van der Waals surface area contributed by atoms with Gasteiger partial charge in [0.05, 0.1) is 5.56 Å². The van der Waals surface area contributed by atoms with Gasteiger partial charge in [0.25, 0.3) is 11.8 Å². The van der Waals surface area contributed by atoms with Gasteiger partial charge in [0, 0.05) is 12.2 Å². The van der Waals surface area contributed by atoms with Crippen LogP contribution < -0.4 is 16.0 Å². The Labute approximate surface area is 146 Å². The number of urea groups is 1. The highest BCUT2D eigenvalue weighted by Gasteiger charge is 2.30. The van der Waals surface area contributed by atoms with Crippen LogP contribution in [-0.2, 0) is 20.6 Å². The summed E-state index contributed by atoms with van der Waals surface area (Å²) < 4.78 is 37.8. The Morgan fingerprint density at radius 3 is 2.62 bits per heavy atom. The average molecular weight is 374 g/mol. The van der Waals surface area contributed by atoms with Crippen molar-refractivity contribution in [2.45, 2.75) is 26.1 Å². The topological polar surface area (TPSA) is 109 Å². The Kier molecular flexibility index (Phi) is 7.56. The lowest BCUT2D eigenvalue weighted by Gasteiger charge is -2.10. The monoisotopic (exact) mass is 374 g/mol. The van der Waals surface area contributed by atoms with Crippen LogP contribution in [-0.4, -0.2) is 36.7 Å². The number of amides is 4. The summed E-state index contributed by atoms with van der Waals surface area (Å²) in [5, 5.41) is 9.76. The fraction of sp³-hybridized carbons (Fsp3) is 0.333.